The Balaban J connectivity index is 4.38. The molecule has 0 aliphatic rings. The van der Waals surface area contributed by atoms with Gasteiger partial charge in [-0.3, -0.25) is 0 Å². The van der Waals surface area contributed by atoms with E-state index in [-0.39, 0.29) is 6.61 Å². The van der Waals surface area contributed by atoms with Crippen molar-refractivity contribution in [2.45, 2.75) is 38.8 Å². The molecular weight excluding hydrogens is 302 g/mol. The summed E-state index contributed by atoms with van der Waals surface area (Å²) < 4.78 is 9.96. The molecule has 0 aromatic carbocycles. The maximum absolute atomic E-state index is 11.6. The van der Waals surface area contributed by atoms with Crippen LogP contribution < -0.4 is 5.32 Å². The monoisotopic (exact) mass is 321 g/mol. The van der Waals surface area contributed by atoms with Gasteiger partial charge >= 0.3 is 12.1 Å². The van der Waals surface area contributed by atoms with Gasteiger partial charge in [0.1, 0.15) is 18.2 Å². The molecule has 0 aromatic rings. The van der Waals surface area contributed by atoms with Crippen LogP contribution in [0.15, 0.2) is 12.7 Å². The Kier molecular flexibility index (Phi) is 7.66. The van der Waals surface area contributed by atoms with E-state index >= 15 is 0 Å². The average molecular weight is 322 g/mol. The lowest BCUT2D eigenvalue weighted by Crippen LogP contribution is -2.44. The van der Waals surface area contributed by atoms with Gasteiger partial charge in [0.25, 0.3) is 0 Å². The predicted octanol–water partition coefficient (Wildman–Crippen LogP) is 2.39. The molecule has 0 aliphatic heterocycles. The van der Waals surface area contributed by atoms with Crippen molar-refractivity contribution in [1.29, 1.82) is 0 Å². The fourth-order valence-corrected chi connectivity index (χ4v) is 1.51. The lowest BCUT2D eigenvalue weighted by molar-refractivity contribution is -0.144. The molecule has 0 aliphatic carbocycles. The molecule has 6 heteroatoms. The zero-order chi connectivity index (χ0) is 14.2. The van der Waals surface area contributed by atoms with Crippen LogP contribution in [0.2, 0.25) is 0 Å². The van der Waals surface area contributed by atoms with Crippen LogP contribution in [0, 0.1) is 0 Å². The van der Waals surface area contributed by atoms with E-state index in [1.165, 1.54) is 6.08 Å². The van der Waals surface area contributed by atoms with Crippen molar-refractivity contribution in [2.24, 2.45) is 0 Å². The Morgan fingerprint density at radius 2 is 2.06 bits per heavy atom. The van der Waals surface area contributed by atoms with Crippen LogP contribution in [0.4, 0.5) is 4.79 Å². The summed E-state index contributed by atoms with van der Waals surface area (Å²) in [5, 5.41) is 3.05. The van der Waals surface area contributed by atoms with Crippen molar-refractivity contribution in [3.8, 4) is 0 Å². The van der Waals surface area contributed by atoms with Gasteiger partial charge in [-0.25, -0.2) is 9.59 Å². The number of hydrogen-bond donors (Lipinski definition) is 1. The molecule has 1 unspecified atom stereocenters. The number of ether oxygens (including phenoxy) is 2. The first-order valence-electron chi connectivity index (χ1n) is 5.63. The summed E-state index contributed by atoms with van der Waals surface area (Å²) in [5.74, 6) is -0.500. The Hall–Kier alpha value is -1.04. The second-order valence-electron chi connectivity index (χ2n) is 4.60. The average Bonchev–Trinajstić information content (AvgIpc) is 2.22. The lowest BCUT2D eigenvalue weighted by Gasteiger charge is -2.22. The van der Waals surface area contributed by atoms with Gasteiger partial charge in [0.15, 0.2) is 0 Å². The van der Waals surface area contributed by atoms with E-state index in [0.29, 0.717) is 11.8 Å². The maximum atomic E-state index is 11.6. The fourth-order valence-electron chi connectivity index (χ4n) is 1.05. The first-order valence-corrected chi connectivity index (χ1v) is 6.75. The number of carbonyl (C=O) groups is 2. The number of carbonyl (C=O) groups excluding carboxylic acids is 2. The lowest BCUT2D eigenvalue weighted by atomic mass is 10.2. The normalized spacial score (nSPS) is 12.4. The molecular formula is C12H20BrNO4. The molecule has 0 spiro atoms. The highest BCUT2D eigenvalue weighted by Crippen LogP contribution is 2.08. The van der Waals surface area contributed by atoms with Gasteiger partial charge in [-0.1, -0.05) is 28.6 Å². The van der Waals surface area contributed by atoms with Gasteiger partial charge in [0, 0.05) is 5.33 Å². The van der Waals surface area contributed by atoms with Crippen LogP contribution in [-0.2, 0) is 14.3 Å². The third-order valence-electron chi connectivity index (χ3n) is 1.72. The number of alkyl halides is 1. The summed E-state index contributed by atoms with van der Waals surface area (Å²) in [4.78, 5) is 23.2. The van der Waals surface area contributed by atoms with Gasteiger partial charge in [-0.2, -0.15) is 0 Å². The summed E-state index contributed by atoms with van der Waals surface area (Å²) in [7, 11) is 0. The van der Waals surface area contributed by atoms with Crippen molar-refractivity contribution in [2.75, 3.05) is 11.9 Å². The second kappa shape index (κ2) is 8.13. The molecule has 0 aromatic heterocycles. The predicted molar refractivity (Wildman–Crippen MR) is 72.7 cm³/mol. The molecule has 0 bridgehead atoms. The van der Waals surface area contributed by atoms with E-state index < -0.39 is 23.7 Å². The fraction of sp³-hybridized carbons (Fsp3) is 0.667. The minimum Gasteiger partial charge on any atom is -0.460 e. The maximum Gasteiger partial charge on any atom is 0.408 e. The first-order chi connectivity index (χ1) is 8.30. The van der Waals surface area contributed by atoms with E-state index in [1.54, 1.807) is 20.8 Å². The quantitative estimate of drug-likeness (QED) is 0.463. The third-order valence-corrected chi connectivity index (χ3v) is 2.17. The van der Waals surface area contributed by atoms with Gasteiger partial charge in [-0.15, -0.1) is 0 Å². The van der Waals surface area contributed by atoms with Crippen LogP contribution in [0.1, 0.15) is 27.2 Å². The molecule has 5 nitrogen and oxygen atoms in total. The van der Waals surface area contributed by atoms with Crippen LogP contribution in [0.25, 0.3) is 0 Å². The molecule has 0 radical (unpaired) electrons. The van der Waals surface area contributed by atoms with Crippen LogP contribution in [-0.4, -0.2) is 35.6 Å². The molecule has 0 heterocycles. The van der Waals surface area contributed by atoms with Gasteiger partial charge in [0.2, 0.25) is 0 Å². The Bertz CT molecular complexity index is 299. The summed E-state index contributed by atoms with van der Waals surface area (Å²) in [6.07, 6.45) is 1.26. The van der Waals surface area contributed by atoms with Gasteiger partial charge < -0.3 is 14.8 Å². The molecule has 1 atom stereocenters. The number of nitrogens with one attached hydrogen (secondary N) is 1. The zero-order valence-corrected chi connectivity index (χ0v) is 12.6. The van der Waals surface area contributed by atoms with Crippen molar-refractivity contribution < 1.29 is 19.1 Å². The number of rotatable bonds is 6. The number of halogens is 1. The second-order valence-corrected chi connectivity index (χ2v) is 5.39. The van der Waals surface area contributed by atoms with Crippen LogP contribution in [0.3, 0.4) is 0 Å². The topological polar surface area (TPSA) is 64.6 Å². The molecule has 18 heavy (non-hydrogen) atoms. The summed E-state index contributed by atoms with van der Waals surface area (Å²) in [5.41, 5.74) is -0.603. The molecule has 0 rings (SSSR count). The molecule has 1 N–H and O–H groups in total. The van der Waals surface area contributed by atoms with E-state index in [0.717, 1.165) is 0 Å². The number of alkyl carbamates (subject to hydrolysis) is 1. The Labute approximate surface area is 116 Å². The molecule has 0 saturated heterocycles. The van der Waals surface area contributed by atoms with E-state index in [1.807, 2.05) is 0 Å². The molecule has 0 saturated carbocycles. The van der Waals surface area contributed by atoms with E-state index in [4.69, 9.17) is 9.47 Å². The van der Waals surface area contributed by atoms with Crippen molar-refractivity contribution in [3.05, 3.63) is 12.7 Å². The van der Waals surface area contributed by atoms with Gasteiger partial charge in [0.05, 0.1) is 0 Å². The van der Waals surface area contributed by atoms with E-state index in [9.17, 15) is 9.59 Å². The minimum atomic E-state index is -0.723. The highest BCUT2D eigenvalue weighted by molar-refractivity contribution is 9.09. The standard InChI is InChI=1S/C12H20BrNO4/c1-5-8-17-10(15)9(6-7-13)14-11(16)18-12(2,3)4/h5,9H,1,6-8H2,2-4H3,(H,14,16). The third kappa shape index (κ3) is 8.11. The van der Waals surface area contributed by atoms with Crippen molar-refractivity contribution >= 4 is 28.0 Å². The first kappa shape index (κ1) is 17.0. The SMILES string of the molecule is C=CCOC(=O)C(CCBr)NC(=O)OC(C)(C)C. The smallest absolute Gasteiger partial charge is 0.408 e. The number of hydrogen-bond acceptors (Lipinski definition) is 4. The van der Waals surface area contributed by atoms with Crippen LogP contribution in [0.5, 0.6) is 0 Å². The molecule has 0 fully saturated rings. The van der Waals surface area contributed by atoms with Gasteiger partial charge in [-0.05, 0) is 27.2 Å². The zero-order valence-electron chi connectivity index (χ0n) is 11.0. The summed E-state index contributed by atoms with van der Waals surface area (Å²) in [6, 6.07) is -0.723. The molecule has 1 amide bonds. The summed E-state index contributed by atoms with van der Waals surface area (Å²) in [6.45, 7) is 8.82. The highest BCUT2D eigenvalue weighted by Gasteiger charge is 2.24. The summed E-state index contributed by atoms with van der Waals surface area (Å²) >= 11 is 3.22. The largest absolute Gasteiger partial charge is 0.460 e. The number of amides is 1. The Morgan fingerprint density at radius 3 is 2.50 bits per heavy atom. The Morgan fingerprint density at radius 1 is 1.44 bits per heavy atom. The number of esters is 1. The minimum absolute atomic E-state index is 0.119. The van der Waals surface area contributed by atoms with E-state index in [2.05, 4.69) is 27.8 Å². The van der Waals surface area contributed by atoms with Crippen LogP contribution >= 0.6 is 15.9 Å². The van der Waals surface area contributed by atoms with Crippen molar-refractivity contribution in [3.63, 3.8) is 0 Å². The molecule has 104 valence electrons. The van der Waals surface area contributed by atoms with Crippen molar-refractivity contribution in [1.82, 2.24) is 5.32 Å². The highest BCUT2D eigenvalue weighted by atomic mass is 79.9.